The number of carboxylic acid groups (broad SMARTS) is 1. The molecule has 104 valence electrons. The molecule has 0 fully saturated rings. The fourth-order valence-corrected chi connectivity index (χ4v) is 1.79. The van der Waals surface area contributed by atoms with Crippen LogP contribution in [0.3, 0.4) is 0 Å². The number of benzene rings is 1. The van der Waals surface area contributed by atoms with Crippen LogP contribution in [0.4, 0.5) is 9.18 Å². The Balaban J connectivity index is 2.52. The van der Waals surface area contributed by atoms with E-state index in [1.54, 1.807) is 19.1 Å². The minimum absolute atomic E-state index is 0.0245. The summed E-state index contributed by atoms with van der Waals surface area (Å²) in [6.45, 7) is 1.67. The summed E-state index contributed by atoms with van der Waals surface area (Å²) in [6.07, 6.45) is -0.158. The van der Waals surface area contributed by atoms with Crippen LogP contribution in [-0.4, -0.2) is 23.7 Å². The average molecular weight is 333 g/mol. The molecule has 0 saturated carbocycles. The number of carboxylic acids is 1. The number of hydrogen-bond acceptors (Lipinski definition) is 2. The molecule has 1 atom stereocenters. The molecule has 0 bridgehead atoms. The third-order valence-corrected chi connectivity index (χ3v) is 2.89. The Kier molecular flexibility index (Phi) is 5.75. The van der Waals surface area contributed by atoms with Gasteiger partial charge in [0, 0.05) is 16.6 Å². The van der Waals surface area contributed by atoms with Crippen LogP contribution >= 0.6 is 15.9 Å². The summed E-state index contributed by atoms with van der Waals surface area (Å²) in [7, 11) is 0. The second-order valence-corrected chi connectivity index (χ2v) is 4.85. The molecule has 0 aliphatic rings. The molecule has 0 spiro atoms. The van der Waals surface area contributed by atoms with E-state index in [9.17, 15) is 14.0 Å². The Morgan fingerprint density at radius 1 is 1.47 bits per heavy atom. The van der Waals surface area contributed by atoms with E-state index in [0.717, 1.165) is 0 Å². The summed E-state index contributed by atoms with van der Waals surface area (Å²) in [6, 6.07) is 3.52. The normalized spacial score (nSPS) is 11.7. The van der Waals surface area contributed by atoms with Crippen molar-refractivity contribution >= 4 is 27.9 Å². The van der Waals surface area contributed by atoms with Crippen molar-refractivity contribution in [2.75, 3.05) is 6.54 Å². The lowest BCUT2D eigenvalue weighted by Gasteiger charge is -2.15. The van der Waals surface area contributed by atoms with Crippen LogP contribution in [0.15, 0.2) is 22.7 Å². The SMILES string of the molecule is C[C@@H](NC(=O)NCCC(=O)O)c1ccc(Br)cc1F. The molecule has 1 aromatic rings. The standard InChI is InChI=1S/C12H14BrFN2O3/c1-7(9-3-2-8(13)6-10(9)14)16-12(19)15-5-4-11(17)18/h2-3,6-7H,4-5H2,1H3,(H,17,18)(H2,15,16,19)/t7-/m1/s1. The molecule has 3 N–H and O–H groups in total. The number of halogens is 2. The monoisotopic (exact) mass is 332 g/mol. The molecule has 5 nitrogen and oxygen atoms in total. The highest BCUT2D eigenvalue weighted by atomic mass is 79.9. The van der Waals surface area contributed by atoms with Gasteiger partial charge in [-0.3, -0.25) is 4.79 Å². The predicted molar refractivity (Wildman–Crippen MR) is 71.3 cm³/mol. The lowest BCUT2D eigenvalue weighted by atomic mass is 10.1. The van der Waals surface area contributed by atoms with Crippen molar-refractivity contribution < 1.29 is 19.1 Å². The van der Waals surface area contributed by atoms with Crippen molar-refractivity contribution in [3.8, 4) is 0 Å². The minimum Gasteiger partial charge on any atom is -0.481 e. The van der Waals surface area contributed by atoms with E-state index in [2.05, 4.69) is 26.6 Å². The second-order valence-electron chi connectivity index (χ2n) is 3.93. The molecule has 1 rings (SSSR count). The van der Waals surface area contributed by atoms with Crippen LogP contribution < -0.4 is 10.6 Å². The number of hydrogen-bond donors (Lipinski definition) is 3. The van der Waals surface area contributed by atoms with Crippen molar-refractivity contribution in [2.45, 2.75) is 19.4 Å². The number of urea groups is 1. The van der Waals surface area contributed by atoms with Gasteiger partial charge in [0.2, 0.25) is 0 Å². The largest absolute Gasteiger partial charge is 0.481 e. The number of aliphatic carboxylic acids is 1. The minimum atomic E-state index is -0.993. The van der Waals surface area contributed by atoms with Crippen LogP contribution in [0.5, 0.6) is 0 Å². The number of carbonyl (C=O) groups is 2. The van der Waals surface area contributed by atoms with E-state index >= 15 is 0 Å². The Bertz CT molecular complexity index is 482. The van der Waals surface area contributed by atoms with Gasteiger partial charge < -0.3 is 15.7 Å². The summed E-state index contributed by atoms with van der Waals surface area (Å²) in [4.78, 5) is 21.7. The second kappa shape index (κ2) is 7.08. The highest BCUT2D eigenvalue weighted by Crippen LogP contribution is 2.20. The maximum absolute atomic E-state index is 13.6. The van der Waals surface area contributed by atoms with Crippen molar-refractivity contribution in [1.29, 1.82) is 0 Å². The molecule has 0 heterocycles. The van der Waals surface area contributed by atoms with Crippen LogP contribution in [0.2, 0.25) is 0 Å². The molecule has 0 aliphatic carbocycles. The molecule has 2 amide bonds. The molecule has 19 heavy (non-hydrogen) atoms. The average Bonchev–Trinajstić information content (AvgIpc) is 2.27. The first-order chi connectivity index (χ1) is 8.90. The molecule has 0 radical (unpaired) electrons. The first-order valence-electron chi connectivity index (χ1n) is 5.61. The molecule has 0 saturated heterocycles. The van der Waals surface area contributed by atoms with Crippen molar-refractivity contribution in [3.05, 3.63) is 34.1 Å². The maximum Gasteiger partial charge on any atom is 0.315 e. The van der Waals surface area contributed by atoms with E-state index in [4.69, 9.17) is 5.11 Å². The smallest absolute Gasteiger partial charge is 0.315 e. The van der Waals surface area contributed by atoms with Gasteiger partial charge in [0.1, 0.15) is 5.82 Å². The topological polar surface area (TPSA) is 78.4 Å². The molecular weight excluding hydrogens is 319 g/mol. The molecular formula is C12H14BrFN2O3. The molecule has 0 aromatic heterocycles. The number of rotatable bonds is 5. The summed E-state index contributed by atoms with van der Waals surface area (Å²) in [5, 5.41) is 13.3. The molecule has 1 aromatic carbocycles. The van der Waals surface area contributed by atoms with Gasteiger partial charge in [0.25, 0.3) is 0 Å². The third kappa shape index (κ3) is 5.25. The molecule has 0 aliphatic heterocycles. The Morgan fingerprint density at radius 3 is 2.74 bits per heavy atom. The maximum atomic E-state index is 13.6. The van der Waals surface area contributed by atoms with E-state index in [1.807, 2.05) is 0 Å². The van der Waals surface area contributed by atoms with Crippen LogP contribution in [-0.2, 0) is 4.79 Å². The summed E-state index contributed by atoms with van der Waals surface area (Å²) in [5.74, 6) is -1.42. The van der Waals surface area contributed by atoms with E-state index in [1.165, 1.54) is 6.07 Å². The Hall–Kier alpha value is -1.63. The van der Waals surface area contributed by atoms with E-state index in [0.29, 0.717) is 10.0 Å². The number of nitrogens with one attached hydrogen (secondary N) is 2. The first kappa shape index (κ1) is 15.4. The highest BCUT2D eigenvalue weighted by Gasteiger charge is 2.13. The zero-order valence-corrected chi connectivity index (χ0v) is 11.8. The molecule has 7 heteroatoms. The lowest BCUT2D eigenvalue weighted by molar-refractivity contribution is -0.136. The Morgan fingerprint density at radius 2 is 2.16 bits per heavy atom. The number of carbonyl (C=O) groups excluding carboxylic acids is 1. The lowest BCUT2D eigenvalue weighted by Crippen LogP contribution is -2.38. The fraction of sp³-hybridized carbons (Fsp3) is 0.333. The quantitative estimate of drug-likeness (QED) is 0.774. The van der Waals surface area contributed by atoms with Crippen molar-refractivity contribution in [2.24, 2.45) is 0 Å². The third-order valence-electron chi connectivity index (χ3n) is 2.40. The van der Waals surface area contributed by atoms with E-state index in [-0.39, 0.29) is 13.0 Å². The summed E-state index contributed by atoms with van der Waals surface area (Å²) >= 11 is 3.15. The van der Waals surface area contributed by atoms with Gasteiger partial charge in [-0.15, -0.1) is 0 Å². The van der Waals surface area contributed by atoms with Gasteiger partial charge in [0.15, 0.2) is 0 Å². The van der Waals surface area contributed by atoms with E-state index < -0.39 is 23.9 Å². The zero-order chi connectivity index (χ0) is 14.4. The van der Waals surface area contributed by atoms with Gasteiger partial charge >= 0.3 is 12.0 Å². The van der Waals surface area contributed by atoms with Crippen LogP contribution in [0.1, 0.15) is 24.9 Å². The fourth-order valence-electron chi connectivity index (χ4n) is 1.46. The summed E-state index contributed by atoms with van der Waals surface area (Å²) in [5.41, 5.74) is 0.358. The van der Waals surface area contributed by atoms with Gasteiger partial charge in [-0.25, -0.2) is 9.18 Å². The summed E-state index contributed by atoms with van der Waals surface area (Å²) < 4.78 is 14.2. The van der Waals surface area contributed by atoms with Crippen LogP contribution in [0, 0.1) is 5.82 Å². The zero-order valence-electron chi connectivity index (χ0n) is 10.2. The van der Waals surface area contributed by atoms with Crippen LogP contribution in [0.25, 0.3) is 0 Å². The van der Waals surface area contributed by atoms with Gasteiger partial charge in [-0.05, 0) is 19.1 Å². The number of amides is 2. The van der Waals surface area contributed by atoms with Crippen molar-refractivity contribution in [3.63, 3.8) is 0 Å². The first-order valence-corrected chi connectivity index (χ1v) is 6.40. The van der Waals surface area contributed by atoms with Gasteiger partial charge in [-0.2, -0.15) is 0 Å². The Labute approximate surface area is 118 Å². The van der Waals surface area contributed by atoms with Gasteiger partial charge in [-0.1, -0.05) is 22.0 Å². The molecule has 0 unspecified atom stereocenters. The van der Waals surface area contributed by atoms with Gasteiger partial charge in [0.05, 0.1) is 12.5 Å². The predicted octanol–water partition coefficient (Wildman–Crippen LogP) is 2.42. The van der Waals surface area contributed by atoms with Crippen molar-refractivity contribution in [1.82, 2.24) is 10.6 Å². The highest BCUT2D eigenvalue weighted by molar-refractivity contribution is 9.10.